The van der Waals surface area contributed by atoms with Gasteiger partial charge < -0.3 is 10.6 Å². The maximum absolute atomic E-state index is 13.2. The summed E-state index contributed by atoms with van der Waals surface area (Å²) in [6.07, 6.45) is 0. The van der Waals surface area contributed by atoms with Gasteiger partial charge in [-0.05, 0) is 48.5 Å². The summed E-state index contributed by atoms with van der Waals surface area (Å²) in [5.74, 6) is -1.32. The van der Waals surface area contributed by atoms with Crippen molar-refractivity contribution < 1.29 is 22.4 Å². The first-order valence-electron chi connectivity index (χ1n) is 8.23. The molecule has 0 spiro atoms. The van der Waals surface area contributed by atoms with Crippen LogP contribution in [0.25, 0.3) is 0 Å². The molecule has 28 heavy (non-hydrogen) atoms. The van der Waals surface area contributed by atoms with Crippen LogP contribution in [-0.4, -0.2) is 45.2 Å². The highest BCUT2D eigenvalue weighted by Crippen LogP contribution is 2.20. The predicted octanol–water partition coefficient (Wildman–Crippen LogP) is 2.04. The molecule has 2 rings (SSSR count). The smallest absolute Gasteiger partial charge is 0.304 e. The van der Waals surface area contributed by atoms with E-state index in [1.807, 2.05) is 0 Å². The molecule has 0 aliphatic rings. The molecule has 0 heterocycles. The summed E-state index contributed by atoms with van der Waals surface area (Å²) >= 11 is 0. The van der Waals surface area contributed by atoms with E-state index in [2.05, 4.69) is 10.6 Å². The van der Waals surface area contributed by atoms with Crippen molar-refractivity contribution in [2.24, 2.45) is 0 Å². The lowest BCUT2D eigenvalue weighted by atomic mass is 10.2. The monoisotopic (exact) mass is 408 g/mol. The summed E-state index contributed by atoms with van der Waals surface area (Å²) in [5.41, 5.74) is 1.15. The minimum Gasteiger partial charge on any atom is -0.326 e. The fourth-order valence-electron chi connectivity index (χ4n) is 2.28. The highest BCUT2D eigenvalue weighted by molar-refractivity contribution is 7.90. The lowest BCUT2D eigenvalue weighted by Crippen LogP contribution is -2.44. The van der Waals surface area contributed by atoms with Gasteiger partial charge in [-0.25, -0.2) is 8.70 Å². The first-order chi connectivity index (χ1) is 13.1. The Bertz CT molecular complexity index is 945. The largest absolute Gasteiger partial charge is 0.326 e. The Morgan fingerprint density at radius 2 is 1.43 bits per heavy atom. The number of benzene rings is 2. The lowest BCUT2D eigenvalue weighted by molar-refractivity contribution is -0.115. The van der Waals surface area contributed by atoms with Crippen molar-refractivity contribution in [1.82, 2.24) is 4.31 Å². The van der Waals surface area contributed by atoms with E-state index in [0.29, 0.717) is 11.4 Å². The minimum absolute atomic E-state index is 0.159. The molecule has 0 saturated heterocycles. The van der Waals surface area contributed by atoms with Crippen molar-refractivity contribution in [3.05, 3.63) is 54.3 Å². The molecule has 0 aromatic heterocycles. The van der Waals surface area contributed by atoms with Crippen LogP contribution in [0, 0.1) is 5.82 Å². The van der Waals surface area contributed by atoms with Gasteiger partial charge >= 0.3 is 10.2 Å². The number of hydrogen-bond donors (Lipinski definition) is 2. The van der Waals surface area contributed by atoms with E-state index in [0.717, 1.165) is 20.7 Å². The molecule has 2 N–H and O–H groups in total. The van der Waals surface area contributed by atoms with Gasteiger partial charge in [0.05, 0.1) is 5.69 Å². The molecule has 10 heteroatoms. The third-order valence-electron chi connectivity index (χ3n) is 3.63. The molecule has 0 aliphatic heterocycles. The Kier molecular flexibility index (Phi) is 6.71. The van der Waals surface area contributed by atoms with Crippen LogP contribution in [0.2, 0.25) is 0 Å². The summed E-state index contributed by atoms with van der Waals surface area (Å²) < 4.78 is 40.2. The minimum atomic E-state index is -3.98. The van der Waals surface area contributed by atoms with Gasteiger partial charge in [0.25, 0.3) is 0 Å². The van der Waals surface area contributed by atoms with Crippen LogP contribution in [0.5, 0.6) is 0 Å². The van der Waals surface area contributed by atoms with Crippen LogP contribution in [-0.2, 0) is 19.8 Å². The molecule has 2 amide bonds. The summed E-state index contributed by atoms with van der Waals surface area (Å²) in [7, 11) is -1.30. The quantitative estimate of drug-likeness (QED) is 0.732. The van der Waals surface area contributed by atoms with E-state index in [1.165, 1.54) is 33.2 Å². The number of rotatable bonds is 7. The fourth-order valence-corrected chi connectivity index (χ4v) is 3.34. The number of anilines is 3. The van der Waals surface area contributed by atoms with Gasteiger partial charge in [-0.1, -0.05) is 0 Å². The topological polar surface area (TPSA) is 98.8 Å². The van der Waals surface area contributed by atoms with Crippen LogP contribution in [0.1, 0.15) is 6.92 Å². The van der Waals surface area contributed by atoms with E-state index in [4.69, 9.17) is 0 Å². The molecule has 0 radical (unpaired) electrons. The van der Waals surface area contributed by atoms with Gasteiger partial charge in [0.2, 0.25) is 11.8 Å². The first-order valence-corrected chi connectivity index (χ1v) is 9.62. The maximum Gasteiger partial charge on any atom is 0.304 e. The number of nitrogens with zero attached hydrogens (tertiary/aromatic N) is 2. The molecule has 8 nitrogen and oxygen atoms in total. The van der Waals surface area contributed by atoms with Crippen molar-refractivity contribution in [2.45, 2.75) is 6.92 Å². The Morgan fingerprint density at radius 3 is 1.89 bits per heavy atom. The number of carbonyl (C=O) groups excluding carboxylic acids is 2. The highest BCUT2D eigenvalue weighted by atomic mass is 32.2. The zero-order valence-corrected chi connectivity index (χ0v) is 16.5. The number of amides is 2. The van der Waals surface area contributed by atoms with Crippen molar-refractivity contribution in [1.29, 1.82) is 0 Å². The van der Waals surface area contributed by atoms with Crippen molar-refractivity contribution in [2.75, 3.05) is 35.6 Å². The Hall–Kier alpha value is -2.98. The van der Waals surface area contributed by atoms with Crippen molar-refractivity contribution in [3.63, 3.8) is 0 Å². The van der Waals surface area contributed by atoms with E-state index in [-0.39, 0.29) is 11.6 Å². The molecule has 0 saturated carbocycles. The summed E-state index contributed by atoms with van der Waals surface area (Å²) in [6.45, 7) is 0.879. The van der Waals surface area contributed by atoms with Gasteiger partial charge in [0.15, 0.2) is 0 Å². The molecule has 150 valence electrons. The predicted molar refractivity (Wildman–Crippen MR) is 106 cm³/mol. The first kappa shape index (κ1) is 21.3. The molecular formula is C18H21FN4O4S. The normalized spacial score (nSPS) is 11.2. The molecule has 0 atom stereocenters. The van der Waals surface area contributed by atoms with Crippen LogP contribution in [0.4, 0.5) is 21.5 Å². The number of carbonyl (C=O) groups is 2. The average Bonchev–Trinajstić information content (AvgIpc) is 2.61. The van der Waals surface area contributed by atoms with Gasteiger partial charge in [-0.3, -0.25) is 9.59 Å². The third kappa shape index (κ3) is 5.51. The van der Waals surface area contributed by atoms with E-state index < -0.39 is 28.5 Å². The second kappa shape index (κ2) is 8.81. The van der Waals surface area contributed by atoms with E-state index in [1.54, 1.807) is 24.3 Å². The fraction of sp³-hybridized carbons (Fsp3) is 0.222. The second-order valence-corrected chi connectivity index (χ2v) is 8.15. The lowest BCUT2D eigenvalue weighted by Gasteiger charge is -2.26. The van der Waals surface area contributed by atoms with E-state index >= 15 is 0 Å². The van der Waals surface area contributed by atoms with Crippen LogP contribution in [0.3, 0.4) is 0 Å². The molecule has 2 aromatic carbocycles. The Balaban J connectivity index is 2.18. The third-order valence-corrected chi connectivity index (χ3v) is 5.45. The number of halogens is 1. The molecule has 0 bridgehead atoms. The Labute approximate surface area is 163 Å². The SMILES string of the molecule is CC(=O)Nc1ccc(NC(=O)CN(c2ccc(F)cc2)S(=O)(=O)N(C)C)cc1. The van der Waals surface area contributed by atoms with Gasteiger partial charge in [-0.2, -0.15) is 12.7 Å². The maximum atomic E-state index is 13.2. The standard InChI is InChI=1S/C18H21FN4O4S/c1-13(24)20-15-6-8-16(9-7-15)21-18(25)12-23(28(26,27)22(2)3)17-10-4-14(19)5-11-17/h4-11H,12H2,1-3H3,(H,20,24)(H,21,25). The average molecular weight is 408 g/mol. The zero-order valence-electron chi connectivity index (χ0n) is 15.6. The summed E-state index contributed by atoms with van der Waals surface area (Å²) in [6, 6.07) is 11.2. The number of nitrogens with one attached hydrogen (secondary N) is 2. The van der Waals surface area contributed by atoms with Crippen molar-refractivity contribution >= 4 is 39.1 Å². The van der Waals surface area contributed by atoms with Gasteiger partial charge in [-0.15, -0.1) is 0 Å². The molecule has 2 aromatic rings. The van der Waals surface area contributed by atoms with Gasteiger partial charge in [0, 0.05) is 32.4 Å². The van der Waals surface area contributed by atoms with E-state index in [9.17, 15) is 22.4 Å². The summed E-state index contributed by atoms with van der Waals surface area (Å²) in [5, 5.41) is 5.20. The van der Waals surface area contributed by atoms with Crippen LogP contribution in [0.15, 0.2) is 48.5 Å². The van der Waals surface area contributed by atoms with Gasteiger partial charge in [0.1, 0.15) is 12.4 Å². The number of hydrogen-bond acceptors (Lipinski definition) is 4. The Morgan fingerprint density at radius 1 is 0.929 bits per heavy atom. The molecule has 0 unspecified atom stereocenters. The molecule has 0 aliphatic carbocycles. The van der Waals surface area contributed by atoms with Crippen molar-refractivity contribution in [3.8, 4) is 0 Å². The summed E-state index contributed by atoms with van der Waals surface area (Å²) in [4.78, 5) is 23.4. The van der Waals surface area contributed by atoms with Crippen LogP contribution < -0.4 is 14.9 Å². The highest BCUT2D eigenvalue weighted by Gasteiger charge is 2.27. The second-order valence-electron chi connectivity index (χ2n) is 6.08. The molecule has 0 fully saturated rings. The molecular weight excluding hydrogens is 387 g/mol. The zero-order chi connectivity index (χ0) is 20.9. The van der Waals surface area contributed by atoms with Crippen LogP contribution >= 0.6 is 0 Å².